The molecule has 0 radical (unpaired) electrons. The molecule has 1 N–H and O–H groups in total. The molecule has 0 saturated carbocycles. The average Bonchev–Trinajstić information content (AvgIpc) is 2.67. The van der Waals surface area contributed by atoms with E-state index >= 15 is 0 Å². The van der Waals surface area contributed by atoms with Gasteiger partial charge in [-0.3, -0.25) is 4.79 Å². The fraction of sp³-hybridized carbons (Fsp3) is 0.286. The van der Waals surface area contributed by atoms with E-state index in [1.807, 2.05) is 13.0 Å². The zero-order chi connectivity index (χ0) is 20.5. The van der Waals surface area contributed by atoms with E-state index in [-0.39, 0.29) is 18.6 Å². The van der Waals surface area contributed by atoms with Crippen LogP contribution in [0.4, 0.5) is 5.69 Å². The second-order valence-corrected chi connectivity index (χ2v) is 6.07. The maximum Gasteiger partial charge on any atom is 0.338 e. The van der Waals surface area contributed by atoms with Crippen LogP contribution in [0.2, 0.25) is 0 Å². The van der Waals surface area contributed by atoms with Gasteiger partial charge in [0.1, 0.15) is 0 Å². The molecule has 0 aromatic heterocycles. The van der Waals surface area contributed by atoms with E-state index in [1.165, 1.54) is 0 Å². The molecule has 28 heavy (non-hydrogen) atoms. The molecule has 0 aliphatic carbocycles. The number of nitriles is 1. The Morgan fingerprint density at radius 3 is 2.39 bits per heavy atom. The first kappa shape index (κ1) is 20.8. The number of carbonyl (C=O) groups excluding carboxylic acids is 2. The van der Waals surface area contributed by atoms with Crippen molar-refractivity contribution in [1.29, 1.82) is 5.26 Å². The molecule has 0 aliphatic rings. The third-order valence-corrected chi connectivity index (χ3v) is 3.48. The van der Waals surface area contributed by atoms with Gasteiger partial charge in [-0.2, -0.15) is 5.26 Å². The van der Waals surface area contributed by atoms with E-state index in [9.17, 15) is 9.59 Å². The number of ether oxygens (including phenoxy) is 3. The molecule has 146 valence electrons. The molecule has 2 aromatic rings. The first-order chi connectivity index (χ1) is 13.4. The number of hydrogen-bond donors (Lipinski definition) is 1. The van der Waals surface area contributed by atoms with Crippen molar-refractivity contribution < 1.29 is 23.8 Å². The van der Waals surface area contributed by atoms with Crippen LogP contribution < -0.4 is 14.8 Å². The van der Waals surface area contributed by atoms with Gasteiger partial charge in [-0.25, -0.2) is 4.79 Å². The smallest absolute Gasteiger partial charge is 0.338 e. The molecule has 1 amide bonds. The van der Waals surface area contributed by atoms with Crippen molar-refractivity contribution in [3.63, 3.8) is 0 Å². The fourth-order valence-corrected chi connectivity index (χ4v) is 2.28. The van der Waals surface area contributed by atoms with Crippen LogP contribution in [0, 0.1) is 11.3 Å². The number of amides is 1. The highest BCUT2D eigenvalue weighted by Crippen LogP contribution is 2.28. The molecule has 0 heterocycles. The minimum atomic E-state index is -0.416. The van der Waals surface area contributed by atoms with Crippen molar-refractivity contribution in [2.75, 3.05) is 18.5 Å². The molecular formula is C21H22N2O5. The van der Waals surface area contributed by atoms with Crippen LogP contribution >= 0.6 is 0 Å². The summed E-state index contributed by atoms with van der Waals surface area (Å²) in [7, 11) is 0. The van der Waals surface area contributed by atoms with Crippen LogP contribution in [0.3, 0.4) is 0 Å². The molecule has 2 aromatic carbocycles. The largest absolute Gasteiger partial charge is 0.490 e. The number of anilines is 1. The van der Waals surface area contributed by atoms with Crippen LogP contribution in [0.25, 0.3) is 0 Å². The van der Waals surface area contributed by atoms with Gasteiger partial charge in [0.05, 0.1) is 29.9 Å². The van der Waals surface area contributed by atoms with E-state index in [0.29, 0.717) is 34.9 Å². The highest BCUT2D eigenvalue weighted by atomic mass is 16.5. The Labute approximate surface area is 163 Å². The Balaban J connectivity index is 1.94. The van der Waals surface area contributed by atoms with Gasteiger partial charge in [0.2, 0.25) is 0 Å². The summed E-state index contributed by atoms with van der Waals surface area (Å²) in [6.07, 6.45) is -0.201. The van der Waals surface area contributed by atoms with Crippen molar-refractivity contribution in [3.05, 3.63) is 53.6 Å². The third kappa shape index (κ3) is 6.02. The van der Waals surface area contributed by atoms with Crippen LogP contribution in [0.5, 0.6) is 11.5 Å². The molecular weight excluding hydrogens is 360 g/mol. The second-order valence-electron chi connectivity index (χ2n) is 6.07. The van der Waals surface area contributed by atoms with Crippen molar-refractivity contribution in [2.45, 2.75) is 26.9 Å². The summed E-state index contributed by atoms with van der Waals surface area (Å²) in [4.78, 5) is 23.9. The SMILES string of the molecule is CCOc1cc(C#N)ccc1OCC(=O)Nc1ccc(C(=O)OC(C)C)cc1. The van der Waals surface area contributed by atoms with Gasteiger partial charge in [0, 0.05) is 11.8 Å². The van der Waals surface area contributed by atoms with Crippen molar-refractivity contribution in [1.82, 2.24) is 0 Å². The molecule has 0 spiro atoms. The summed E-state index contributed by atoms with van der Waals surface area (Å²) in [6.45, 7) is 5.54. The Bertz CT molecular complexity index is 869. The molecule has 0 unspecified atom stereocenters. The van der Waals surface area contributed by atoms with Crippen molar-refractivity contribution >= 4 is 17.6 Å². The van der Waals surface area contributed by atoms with Crippen LogP contribution in [-0.4, -0.2) is 31.2 Å². The van der Waals surface area contributed by atoms with E-state index in [0.717, 1.165) is 0 Å². The first-order valence-corrected chi connectivity index (χ1v) is 8.83. The number of nitrogens with one attached hydrogen (secondary N) is 1. The van der Waals surface area contributed by atoms with Crippen LogP contribution in [-0.2, 0) is 9.53 Å². The lowest BCUT2D eigenvalue weighted by Crippen LogP contribution is -2.20. The third-order valence-electron chi connectivity index (χ3n) is 3.48. The minimum absolute atomic E-state index is 0.201. The normalized spacial score (nSPS) is 10.1. The lowest BCUT2D eigenvalue weighted by molar-refractivity contribution is -0.118. The van der Waals surface area contributed by atoms with Crippen LogP contribution in [0.15, 0.2) is 42.5 Å². The van der Waals surface area contributed by atoms with E-state index in [4.69, 9.17) is 19.5 Å². The predicted octanol–water partition coefficient (Wildman–Crippen LogP) is 3.54. The number of nitrogens with zero attached hydrogens (tertiary/aromatic N) is 1. The molecule has 0 saturated heterocycles. The highest BCUT2D eigenvalue weighted by molar-refractivity contribution is 5.93. The van der Waals surface area contributed by atoms with E-state index in [2.05, 4.69) is 5.32 Å². The second kappa shape index (κ2) is 9.97. The van der Waals surface area contributed by atoms with E-state index < -0.39 is 5.97 Å². The van der Waals surface area contributed by atoms with Crippen molar-refractivity contribution in [2.24, 2.45) is 0 Å². The number of hydrogen-bond acceptors (Lipinski definition) is 6. The monoisotopic (exact) mass is 382 g/mol. The van der Waals surface area contributed by atoms with Gasteiger partial charge in [-0.15, -0.1) is 0 Å². The summed E-state index contributed by atoms with van der Waals surface area (Å²) in [5.74, 6) is -0.00468. The van der Waals surface area contributed by atoms with Gasteiger partial charge < -0.3 is 19.5 Å². The number of benzene rings is 2. The van der Waals surface area contributed by atoms with Crippen molar-refractivity contribution in [3.8, 4) is 17.6 Å². The van der Waals surface area contributed by atoms with Gasteiger partial charge >= 0.3 is 5.97 Å². The zero-order valence-corrected chi connectivity index (χ0v) is 16.0. The lowest BCUT2D eigenvalue weighted by Gasteiger charge is -2.12. The van der Waals surface area contributed by atoms with Gasteiger partial charge in [0.15, 0.2) is 18.1 Å². The Morgan fingerprint density at radius 2 is 1.79 bits per heavy atom. The molecule has 0 aliphatic heterocycles. The van der Waals surface area contributed by atoms with Gasteiger partial charge in [-0.05, 0) is 57.2 Å². The number of rotatable bonds is 8. The Morgan fingerprint density at radius 1 is 1.07 bits per heavy atom. The van der Waals surface area contributed by atoms with E-state index in [1.54, 1.807) is 56.3 Å². The molecule has 7 nitrogen and oxygen atoms in total. The lowest BCUT2D eigenvalue weighted by atomic mass is 10.2. The standard InChI is InChI=1S/C21H22N2O5/c1-4-26-19-11-15(12-22)5-10-18(19)27-13-20(24)23-17-8-6-16(7-9-17)21(25)28-14(2)3/h5-11,14H,4,13H2,1-3H3,(H,23,24). The maximum atomic E-state index is 12.1. The summed E-state index contributed by atoms with van der Waals surface area (Å²) in [5, 5.41) is 11.6. The quantitative estimate of drug-likeness (QED) is 0.701. The summed E-state index contributed by atoms with van der Waals surface area (Å²) in [5.41, 5.74) is 1.37. The number of esters is 1. The predicted molar refractivity (Wildman–Crippen MR) is 103 cm³/mol. The maximum absolute atomic E-state index is 12.1. The topological polar surface area (TPSA) is 97.6 Å². The summed E-state index contributed by atoms with van der Waals surface area (Å²) in [6, 6.07) is 13.1. The number of carbonyl (C=O) groups is 2. The van der Waals surface area contributed by atoms with Gasteiger partial charge in [0.25, 0.3) is 5.91 Å². The first-order valence-electron chi connectivity index (χ1n) is 8.83. The zero-order valence-electron chi connectivity index (χ0n) is 16.0. The molecule has 0 fully saturated rings. The molecule has 0 atom stereocenters. The minimum Gasteiger partial charge on any atom is -0.490 e. The molecule has 7 heteroatoms. The molecule has 2 rings (SSSR count). The summed E-state index contributed by atoms with van der Waals surface area (Å²) >= 11 is 0. The van der Waals surface area contributed by atoms with Crippen LogP contribution in [0.1, 0.15) is 36.7 Å². The average molecular weight is 382 g/mol. The Hall–Kier alpha value is -3.53. The molecule has 0 bridgehead atoms. The summed E-state index contributed by atoms with van der Waals surface area (Å²) < 4.78 is 16.1. The fourth-order valence-electron chi connectivity index (χ4n) is 2.28. The van der Waals surface area contributed by atoms with Gasteiger partial charge in [-0.1, -0.05) is 0 Å². The Kier molecular flexibility index (Phi) is 7.40. The highest BCUT2D eigenvalue weighted by Gasteiger charge is 2.11.